The van der Waals surface area contributed by atoms with Crippen LogP contribution >= 0.6 is 0 Å². The van der Waals surface area contributed by atoms with E-state index in [0.29, 0.717) is 0 Å². The molecule has 12 heavy (non-hydrogen) atoms. The third kappa shape index (κ3) is 1.28. The van der Waals surface area contributed by atoms with Crippen LogP contribution in [0.25, 0.3) is 0 Å². The lowest BCUT2D eigenvalue weighted by atomic mass is 9.98. The normalized spacial score (nSPS) is 21.9. The summed E-state index contributed by atoms with van der Waals surface area (Å²) in [5.41, 5.74) is 0.832. The molecule has 1 saturated heterocycles. The summed E-state index contributed by atoms with van der Waals surface area (Å²) in [6.07, 6.45) is 1.02. The van der Waals surface area contributed by atoms with Crippen molar-refractivity contribution in [1.82, 2.24) is 5.32 Å². The Bertz CT molecular complexity index is 276. The van der Waals surface area contributed by atoms with Crippen molar-refractivity contribution in [2.24, 2.45) is 0 Å². The molecule has 1 aliphatic rings. The molecule has 0 aromatic heterocycles. The Morgan fingerprint density at radius 3 is 2.67 bits per heavy atom. The Hall–Kier alpha value is -1.09. The first kappa shape index (κ1) is 7.55. The van der Waals surface area contributed by atoms with Crippen molar-refractivity contribution in [2.45, 2.75) is 12.5 Å². The smallest absolute Gasteiger partial charge is 0.127 e. The van der Waals surface area contributed by atoms with E-state index in [1.54, 1.807) is 6.07 Å². The maximum absolute atomic E-state index is 12.8. The summed E-state index contributed by atoms with van der Waals surface area (Å²) < 4.78 is 12.8. The molecule has 2 N–H and O–H groups in total. The van der Waals surface area contributed by atoms with Crippen LogP contribution in [0.2, 0.25) is 0 Å². The lowest BCUT2D eigenvalue weighted by molar-refractivity contribution is 0.379. The molecule has 1 atom stereocenters. The molecule has 0 saturated carbocycles. The van der Waals surface area contributed by atoms with Crippen molar-refractivity contribution in [3.8, 4) is 5.75 Å². The van der Waals surface area contributed by atoms with E-state index in [2.05, 4.69) is 5.32 Å². The Kier molecular flexibility index (Phi) is 1.73. The van der Waals surface area contributed by atoms with Gasteiger partial charge in [0.1, 0.15) is 11.6 Å². The van der Waals surface area contributed by atoms with Gasteiger partial charge >= 0.3 is 0 Å². The van der Waals surface area contributed by atoms with Crippen LogP contribution in [-0.2, 0) is 0 Å². The van der Waals surface area contributed by atoms with Crippen LogP contribution < -0.4 is 5.32 Å². The zero-order valence-corrected chi connectivity index (χ0v) is 6.55. The zero-order valence-electron chi connectivity index (χ0n) is 6.55. The monoisotopic (exact) mass is 167 g/mol. The van der Waals surface area contributed by atoms with Crippen molar-refractivity contribution < 1.29 is 9.50 Å². The summed E-state index contributed by atoms with van der Waals surface area (Å²) in [5.74, 6) is -0.377. The Morgan fingerprint density at radius 1 is 1.42 bits per heavy atom. The molecule has 0 aliphatic carbocycles. The van der Waals surface area contributed by atoms with E-state index in [0.717, 1.165) is 24.6 Å². The summed E-state index contributed by atoms with van der Waals surface area (Å²) in [5, 5.41) is 12.2. The molecular formula is C9H10FNO. The second kappa shape index (κ2) is 2.75. The fourth-order valence-electron chi connectivity index (χ4n) is 1.37. The van der Waals surface area contributed by atoms with Crippen LogP contribution in [0, 0.1) is 5.82 Å². The molecule has 1 heterocycles. The van der Waals surface area contributed by atoms with E-state index >= 15 is 0 Å². The van der Waals surface area contributed by atoms with Crippen LogP contribution in [0.15, 0.2) is 18.2 Å². The fourth-order valence-corrected chi connectivity index (χ4v) is 1.37. The number of hydrogen-bond donors (Lipinski definition) is 2. The molecule has 1 fully saturated rings. The third-order valence-electron chi connectivity index (χ3n) is 2.13. The quantitative estimate of drug-likeness (QED) is 0.665. The van der Waals surface area contributed by atoms with Gasteiger partial charge in [-0.15, -0.1) is 0 Å². The van der Waals surface area contributed by atoms with Crippen molar-refractivity contribution >= 4 is 0 Å². The van der Waals surface area contributed by atoms with E-state index in [-0.39, 0.29) is 17.6 Å². The number of benzene rings is 1. The standard InChI is InChI=1S/C9H10FNO/c10-7-3-6(4-8(12)5-7)9-1-2-11-9/h3-5,9,11-12H,1-2H2/t9-/m0/s1. The van der Waals surface area contributed by atoms with Crippen LogP contribution in [-0.4, -0.2) is 11.7 Å². The molecular weight excluding hydrogens is 157 g/mol. The van der Waals surface area contributed by atoms with E-state index in [1.165, 1.54) is 6.07 Å². The van der Waals surface area contributed by atoms with Crippen LogP contribution in [0.5, 0.6) is 5.75 Å². The molecule has 0 unspecified atom stereocenters. The van der Waals surface area contributed by atoms with Gasteiger partial charge in [0.25, 0.3) is 0 Å². The highest BCUT2D eigenvalue weighted by molar-refractivity contribution is 5.31. The maximum atomic E-state index is 12.8. The summed E-state index contributed by atoms with van der Waals surface area (Å²) >= 11 is 0. The minimum atomic E-state index is -0.376. The summed E-state index contributed by atoms with van der Waals surface area (Å²) in [6, 6.07) is 4.39. The van der Waals surface area contributed by atoms with Crippen LogP contribution in [0.3, 0.4) is 0 Å². The lowest BCUT2D eigenvalue weighted by Gasteiger charge is -2.28. The molecule has 1 aliphatic heterocycles. The molecule has 64 valence electrons. The average Bonchev–Trinajstić information content (AvgIpc) is 1.79. The molecule has 0 amide bonds. The van der Waals surface area contributed by atoms with E-state index in [9.17, 15) is 4.39 Å². The topological polar surface area (TPSA) is 32.3 Å². The molecule has 3 heteroatoms. The number of aromatic hydroxyl groups is 1. The van der Waals surface area contributed by atoms with Crippen molar-refractivity contribution in [2.75, 3.05) is 6.54 Å². The van der Waals surface area contributed by atoms with Crippen molar-refractivity contribution in [3.63, 3.8) is 0 Å². The minimum Gasteiger partial charge on any atom is -0.508 e. The van der Waals surface area contributed by atoms with Crippen LogP contribution in [0.4, 0.5) is 4.39 Å². The van der Waals surface area contributed by atoms with E-state index < -0.39 is 0 Å². The Morgan fingerprint density at radius 2 is 2.17 bits per heavy atom. The fraction of sp³-hybridized carbons (Fsp3) is 0.333. The van der Waals surface area contributed by atoms with Gasteiger partial charge in [-0.2, -0.15) is 0 Å². The van der Waals surface area contributed by atoms with Crippen molar-refractivity contribution in [1.29, 1.82) is 0 Å². The van der Waals surface area contributed by atoms with Gasteiger partial charge in [-0.25, -0.2) is 4.39 Å². The minimum absolute atomic E-state index is 0.00120. The zero-order chi connectivity index (χ0) is 8.55. The SMILES string of the molecule is Oc1cc(F)cc([C@@H]2CCN2)c1. The predicted molar refractivity (Wildman–Crippen MR) is 43.4 cm³/mol. The first-order chi connectivity index (χ1) is 5.75. The number of phenols is 1. The highest BCUT2D eigenvalue weighted by Crippen LogP contribution is 2.26. The maximum Gasteiger partial charge on any atom is 0.127 e. The summed E-state index contributed by atoms with van der Waals surface area (Å²) in [4.78, 5) is 0. The molecule has 2 nitrogen and oxygen atoms in total. The second-order valence-electron chi connectivity index (χ2n) is 3.04. The van der Waals surface area contributed by atoms with Gasteiger partial charge in [0.05, 0.1) is 0 Å². The second-order valence-corrected chi connectivity index (χ2v) is 3.04. The first-order valence-electron chi connectivity index (χ1n) is 3.98. The molecule has 1 aromatic carbocycles. The largest absolute Gasteiger partial charge is 0.508 e. The van der Waals surface area contributed by atoms with Gasteiger partial charge in [-0.3, -0.25) is 0 Å². The van der Waals surface area contributed by atoms with Gasteiger partial charge in [0.15, 0.2) is 0 Å². The highest BCUT2D eigenvalue weighted by Gasteiger charge is 2.19. The first-order valence-corrected chi connectivity index (χ1v) is 3.98. The summed E-state index contributed by atoms with van der Waals surface area (Å²) in [7, 11) is 0. The Labute approximate surface area is 70.0 Å². The van der Waals surface area contributed by atoms with Crippen molar-refractivity contribution in [3.05, 3.63) is 29.6 Å². The number of rotatable bonds is 1. The molecule has 1 aromatic rings. The van der Waals surface area contributed by atoms with Gasteiger partial charge < -0.3 is 10.4 Å². The van der Waals surface area contributed by atoms with Crippen LogP contribution in [0.1, 0.15) is 18.0 Å². The highest BCUT2D eigenvalue weighted by atomic mass is 19.1. The van der Waals surface area contributed by atoms with Gasteiger partial charge in [-0.1, -0.05) is 0 Å². The summed E-state index contributed by atoms with van der Waals surface area (Å²) in [6.45, 7) is 0.974. The van der Waals surface area contributed by atoms with E-state index in [1.807, 2.05) is 0 Å². The molecule has 0 spiro atoms. The lowest BCUT2D eigenvalue weighted by Crippen LogP contribution is -2.34. The molecule has 0 bridgehead atoms. The number of nitrogens with one attached hydrogen (secondary N) is 1. The van der Waals surface area contributed by atoms with Gasteiger partial charge in [0, 0.05) is 12.1 Å². The number of phenolic OH excluding ortho intramolecular Hbond substituents is 1. The van der Waals surface area contributed by atoms with E-state index in [4.69, 9.17) is 5.11 Å². The molecule has 2 rings (SSSR count). The third-order valence-corrected chi connectivity index (χ3v) is 2.13. The van der Waals surface area contributed by atoms with Gasteiger partial charge in [0.2, 0.25) is 0 Å². The Balaban J connectivity index is 2.30. The average molecular weight is 167 g/mol. The molecule has 0 radical (unpaired) electrons. The predicted octanol–water partition coefficient (Wildman–Crippen LogP) is 1.57. The number of halogens is 1. The van der Waals surface area contributed by atoms with Gasteiger partial charge in [-0.05, 0) is 30.7 Å². The number of hydrogen-bond acceptors (Lipinski definition) is 2.